The molecule has 2 amide bonds. The number of carboxylic acid groups (broad SMARTS) is 1. The van der Waals surface area contributed by atoms with E-state index >= 15 is 0 Å². The van der Waals surface area contributed by atoms with Gasteiger partial charge in [-0.25, -0.2) is 9.59 Å². The minimum absolute atomic E-state index is 0.0967. The maximum atomic E-state index is 13.1. The van der Waals surface area contributed by atoms with Crippen LogP contribution >= 0.6 is 22.6 Å². The molecule has 1 saturated carbocycles. The summed E-state index contributed by atoms with van der Waals surface area (Å²) in [5.74, 6) is -0.573. The van der Waals surface area contributed by atoms with Crippen molar-refractivity contribution in [3.8, 4) is 0 Å². The van der Waals surface area contributed by atoms with Crippen LogP contribution in [0.1, 0.15) is 54.6 Å². The molecule has 4 rings (SSSR count). The number of carbonyl (C=O) groups is 3. The summed E-state index contributed by atoms with van der Waals surface area (Å²) < 4.78 is 6.90. The van der Waals surface area contributed by atoms with Gasteiger partial charge in [0.05, 0.1) is 5.56 Å². The highest BCUT2D eigenvalue weighted by Crippen LogP contribution is 2.45. The standard InChI is InChI=1S/C28H31IN2O5/c1-28(2,3)36-27(35)31(24-14-23(24)20-9-11-22(29)12-10-20)17-19-15-30(16-19)25(32)13-6-18-4-7-21(8-5-18)26(33)34/h4-13,19,23-24H,14-17H2,1-3H3,(H,33,34). The van der Waals surface area contributed by atoms with E-state index in [-0.39, 0.29) is 29.5 Å². The second-order valence-corrected chi connectivity index (χ2v) is 11.7. The lowest BCUT2D eigenvalue weighted by Crippen LogP contribution is -2.55. The van der Waals surface area contributed by atoms with Crippen molar-refractivity contribution in [3.05, 3.63) is 74.9 Å². The molecule has 2 aromatic carbocycles. The van der Waals surface area contributed by atoms with Gasteiger partial charge in [0.2, 0.25) is 5.91 Å². The van der Waals surface area contributed by atoms with Crippen molar-refractivity contribution in [1.29, 1.82) is 0 Å². The second-order valence-electron chi connectivity index (χ2n) is 10.5. The van der Waals surface area contributed by atoms with E-state index in [1.807, 2.05) is 25.7 Å². The van der Waals surface area contributed by atoms with Gasteiger partial charge >= 0.3 is 12.1 Å². The molecule has 1 N–H and O–H groups in total. The van der Waals surface area contributed by atoms with Gasteiger partial charge in [-0.3, -0.25) is 4.79 Å². The van der Waals surface area contributed by atoms with E-state index in [0.717, 1.165) is 12.0 Å². The summed E-state index contributed by atoms with van der Waals surface area (Å²) in [6, 6.07) is 14.9. The van der Waals surface area contributed by atoms with E-state index in [2.05, 4.69) is 46.9 Å². The van der Waals surface area contributed by atoms with E-state index in [1.165, 1.54) is 27.3 Å². The van der Waals surface area contributed by atoms with Crippen LogP contribution in [0.5, 0.6) is 0 Å². The SMILES string of the molecule is CC(C)(C)OC(=O)N(CC1CN(C(=O)C=Cc2ccc(C(=O)O)cc2)C1)C1CC1c1ccc(I)cc1. The minimum atomic E-state index is -0.982. The van der Waals surface area contributed by atoms with E-state index in [9.17, 15) is 14.4 Å². The lowest BCUT2D eigenvalue weighted by molar-refractivity contribution is -0.132. The lowest BCUT2D eigenvalue weighted by Gasteiger charge is -2.41. The average molecular weight is 602 g/mol. The Morgan fingerprint density at radius 1 is 1.08 bits per heavy atom. The second kappa shape index (κ2) is 10.6. The molecule has 0 bridgehead atoms. The summed E-state index contributed by atoms with van der Waals surface area (Å²) in [5, 5.41) is 8.99. The number of benzene rings is 2. The number of hydrogen-bond donors (Lipinski definition) is 1. The molecule has 2 fully saturated rings. The Hall–Kier alpha value is -2.88. The largest absolute Gasteiger partial charge is 0.478 e. The van der Waals surface area contributed by atoms with Crippen molar-refractivity contribution in [2.45, 2.75) is 44.8 Å². The number of ether oxygens (including phenoxy) is 1. The molecule has 7 nitrogen and oxygen atoms in total. The van der Waals surface area contributed by atoms with Gasteiger partial charge < -0.3 is 19.6 Å². The maximum Gasteiger partial charge on any atom is 0.410 e. The van der Waals surface area contributed by atoms with E-state index in [0.29, 0.717) is 25.6 Å². The Balaban J connectivity index is 1.34. The average Bonchev–Trinajstić information content (AvgIpc) is 3.56. The molecule has 0 aromatic heterocycles. The molecule has 8 heteroatoms. The highest BCUT2D eigenvalue weighted by molar-refractivity contribution is 14.1. The Kier molecular flexibility index (Phi) is 7.73. The highest BCUT2D eigenvalue weighted by Gasteiger charge is 2.47. The maximum absolute atomic E-state index is 13.1. The summed E-state index contributed by atoms with van der Waals surface area (Å²) in [6.45, 7) is 7.35. The van der Waals surface area contributed by atoms with Crippen molar-refractivity contribution in [1.82, 2.24) is 9.80 Å². The van der Waals surface area contributed by atoms with Gasteiger partial charge in [-0.2, -0.15) is 0 Å². The molecule has 2 atom stereocenters. The van der Waals surface area contributed by atoms with Crippen LogP contribution in [0.2, 0.25) is 0 Å². The molecular formula is C28H31IN2O5. The number of rotatable bonds is 7. The minimum Gasteiger partial charge on any atom is -0.478 e. The molecule has 2 aromatic rings. The number of carboxylic acids is 1. The summed E-state index contributed by atoms with van der Waals surface area (Å²) >= 11 is 2.29. The van der Waals surface area contributed by atoms with Gasteiger partial charge in [0.1, 0.15) is 5.60 Å². The van der Waals surface area contributed by atoms with Crippen LogP contribution < -0.4 is 0 Å². The molecule has 1 saturated heterocycles. The van der Waals surface area contributed by atoms with Gasteiger partial charge in [-0.15, -0.1) is 0 Å². The van der Waals surface area contributed by atoms with Crippen LogP contribution in [-0.2, 0) is 9.53 Å². The third-order valence-electron chi connectivity index (χ3n) is 6.38. The predicted molar refractivity (Wildman–Crippen MR) is 146 cm³/mol. The molecule has 36 heavy (non-hydrogen) atoms. The van der Waals surface area contributed by atoms with Crippen LogP contribution in [0.15, 0.2) is 54.6 Å². The van der Waals surface area contributed by atoms with Gasteiger partial charge in [0.25, 0.3) is 0 Å². The number of hydrogen-bond acceptors (Lipinski definition) is 4. The fourth-order valence-electron chi connectivity index (χ4n) is 4.41. The molecule has 1 aliphatic carbocycles. The number of aromatic carboxylic acids is 1. The van der Waals surface area contributed by atoms with Gasteiger partial charge in [-0.1, -0.05) is 24.3 Å². The highest BCUT2D eigenvalue weighted by atomic mass is 127. The van der Waals surface area contributed by atoms with Crippen LogP contribution in [0.4, 0.5) is 4.79 Å². The van der Waals surface area contributed by atoms with Crippen LogP contribution in [0, 0.1) is 9.49 Å². The summed E-state index contributed by atoms with van der Waals surface area (Å²) in [6.07, 6.45) is 3.81. The van der Waals surface area contributed by atoms with Crippen molar-refractivity contribution >= 4 is 46.6 Å². The van der Waals surface area contributed by atoms with Crippen molar-refractivity contribution in [3.63, 3.8) is 0 Å². The summed E-state index contributed by atoms with van der Waals surface area (Å²) in [5.41, 5.74) is 1.63. The predicted octanol–water partition coefficient (Wildman–Crippen LogP) is 5.25. The first kappa shape index (κ1) is 26.2. The molecule has 2 unspecified atom stereocenters. The zero-order chi connectivity index (χ0) is 26.0. The zero-order valence-electron chi connectivity index (χ0n) is 20.7. The quantitative estimate of drug-likeness (QED) is 0.346. The fraction of sp³-hybridized carbons (Fsp3) is 0.393. The Bertz CT molecular complexity index is 1150. The fourth-order valence-corrected chi connectivity index (χ4v) is 4.77. The van der Waals surface area contributed by atoms with Gasteiger partial charge in [0.15, 0.2) is 0 Å². The molecular weight excluding hydrogens is 571 g/mol. The van der Waals surface area contributed by atoms with Gasteiger partial charge in [0, 0.05) is 47.2 Å². The van der Waals surface area contributed by atoms with Crippen molar-refractivity contribution < 1.29 is 24.2 Å². The van der Waals surface area contributed by atoms with E-state index in [1.54, 1.807) is 23.1 Å². The number of carbonyl (C=O) groups excluding carboxylic acids is 2. The summed E-state index contributed by atoms with van der Waals surface area (Å²) in [4.78, 5) is 40.2. The Morgan fingerprint density at radius 2 is 1.72 bits per heavy atom. The molecule has 0 spiro atoms. The normalized spacial score (nSPS) is 19.6. The van der Waals surface area contributed by atoms with E-state index < -0.39 is 11.6 Å². The smallest absolute Gasteiger partial charge is 0.410 e. The number of halogens is 1. The summed E-state index contributed by atoms with van der Waals surface area (Å²) in [7, 11) is 0. The lowest BCUT2D eigenvalue weighted by atomic mass is 9.99. The van der Waals surface area contributed by atoms with E-state index in [4.69, 9.17) is 9.84 Å². The first-order valence-electron chi connectivity index (χ1n) is 12.1. The molecule has 1 aliphatic heterocycles. The van der Waals surface area contributed by atoms with Gasteiger partial charge in [-0.05, 0) is 91.3 Å². The van der Waals surface area contributed by atoms with Crippen LogP contribution in [0.25, 0.3) is 6.08 Å². The third-order valence-corrected chi connectivity index (χ3v) is 7.10. The van der Waals surface area contributed by atoms with Crippen LogP contribution in [-0.4, -0.2) is 64.2 Å². The first-order chi connectivity index (χ1) is 17.0. The molecule has 190 valence electrons. The first-order valence-corrected chi connectivity index (χ1v) is 13.1. The Morgan fingerprint density at radius 3 is 2.31 bits per heavy atom. The number of amides is 2. The molecule has 0 radical (unpaired) electrons. The van der Waals surface area contributed by atoms with Crippen molar-refractivity contribution in [2.24, 2.45) is 5.92 Å². The third kappa shape index (κ3) is 6.66. The van der Waals surface area contributed by atoms with Crippen molar-refractivity contribution in [2.75, 3.05) is 19.6 Å². The Labute approximate surface area is 225 Å². The number of likely N-dealkylation sites (tertiary alicyclic amines) is 1. The molecule has 2 aliphatic rings. The zero-order valence-corrected chi connectivity index (χ0v) is 22.8. The number of nitrogens with zero attached hydrogens (tertiary/aromatic N) is 2. The molecule has 1 heterocycles. The van der Waals surface area contributed by atoms with Crippen LogP contribution in [0.3, 0.4) is 0 Å². The monoisotopic (exact) mass is 602 g/mol. The topological polar surface area (TPSA) is 87.2 Å².